The van der Waals surface area contributed by atoms with Crippen molar-refractivity contribution in [3.8, 4) is 0 Å². The van der Waals surface area contributed by atoms with Gasteiger partial charge in [-0.05, 0) is 24.7 Å². The molecule has 1 aliphatic heterocycles. The van der Waals surface area contributed by atoms with Gasteiger partial charge in [-0.1, -0.05) is 6.42 Å². The van der Waals surface area contributed by atoms with Gasteiger partial charge in [-0.2, -0.15) is 0 Å². The Hall–Kier alpha value is -2.26. The Kier molecular flexibility index (Phi) is 5.67. The SMILES string of the molecule is O=C(CO)NCc1cc(=O)[nH]c(CNC(=O)CC2CC3(CCC3)CO2)n1. The summed E-state index contributed by atoms with van der Waals surface area (Å²) in [7, 11) is 0. The first kappa shape index (κ1) is 18.5. The van der Waals surface area contributed by atoms with Gasteiger partial charge in [-0.25, -0.2) is 4.98 Å². The molecule has 1 unspecified atom stereocenters. The molecule has 1 saturated carbocycles. The summed E-state index contributed by atoms with van der Waals surface area (Å²) in [5.41, 5.74) is 0.292. The van der Waals surface area contributed by atoms with Crippen LogP contribution in [0.3, 0.4) is 0 Å². The fourth-order valence-corrected chi connectivity index (χ4v) is 3.50. The highest BCUT2D eigenvalue weighted by molar-refractivity contribution is 5.77. The summed E-state index contributed by atoms with van der Waals surface area (Å²) >= 11 is 0. The molecule has 142 valence electrons. The van der Waals surface area contributed by atoms with Crippen LogP contribution in [0.2, 0.25) is 0 Å². The van der Waals surface area contributed by atoms with Gasteiger partial charge >= 0.3 is 0 Å². The molecule has 0 radical (unpaired) electrons. The number of ether oxygens (including phenoxy) is 1. The first-order valence-corrected chi connectivity index (χ1v) is 8.83. The van der Waals surface area contributed by atoms with Gasteiger partial charge in [0.25, 0.3) is 5.56 Å². The molecule has 1 saturated heterocycles. The van der Waals surface area contributed by atoms with Crippen molar-refractivity contribution in [1.29, 1.82) is 0 Å². The molecule has 0 aromatic carbocycles. The van der Waals surface area contributed by atoms with Crippen LogP contribution in [0.25, 0.3) is 0 Å². The van der Waals surface area contributed by atoms with Gasteiger partial charge in [-0.15, -0.1) is 0 Å². The average Bonchev–Trinajstić information content (AvgIpc) is 3.02. The average molecular weight is 364 g/mol. The zero-order valence-corrected chi connectivity index (χ0v) is 14.5. The molecule has 9 nitrogen and oxygen atoms in total. The Labute approximate surface area is 150 Å². The maximum atomic E-state index is 12.1. The fraction of sp³-hybridized carbons (Fsp3) is 0.647. The molecule has 1 aromatic rings. The summed E-state index contributed by atoms with van der Waals surface area (Å²) in [4.78, 5) is 41.6. The van der Waals surface area contributed by atoms with Crippen LogP contribution >= 0.6 is 0 Å². The number of aliphatic hydroxyl groups excluding tert-OH is 1. The lowest BCUT2D eigenvalue weighted by Gasteiger charge is -2.36. The lowest BCUT2D eigenvalue weighted by Crippen LogP contribution is -2.31. The number of carbonyl (C=O) groups is 2. The number of rotatable bonds is 7. The summed E-state index contributed by atoms with van der Waals surface area (Å²) in [5.74, 6) is -0.391. The Morgan fingerprint density at radius 1 is 1.31 bits per heavy atom. The normalized spacial score (nSPS) is 20.6. The van der Waals surface area contributed by atoms with Crippen molar-refractivity contribution < 1.29 is 19.4 Å². The summed E-state index contributed by atoms with van der Waals surface area (Å²) in [6.45, 7) is 0.244. The molecule has 1 aliphatic carbocycles. The van der Waals surface area contributed by atoms with Gasteiger partial charge < -0.3 is 25.5 Å². The molecule has 2 amide bonds. The smallest absolute Gasteiger partial charge is 0.251 e. The highest BCUT2D eigenvalue weighted by Crippen LogP contribution is 2.49. The van der Waals surface area contributed by atoms with E-state index in [0.717, 1.165) is 13.0 Å². The molecule has 1 aromatic heterocycles. The summed E-state index contributed by atoms with van der Waals surface area (Å²) in [6.07, 6.45) is 4.83. The monoisotopic (exact) mass is 364 g/mol. The zero-order valence-electron chi connectivity index (χ0n) is 14.5. The Morgan fingerprint density at radius 3 is 2.73 bits per heavy atom. The molecule has 1 spiro atoms. The number of hydrogen-bond donors (Lipinski definition) is 4. The quantitative estimate of drug-likeness (QED) is 0.508. The minimum atomic E-state index is -0.628. The van der Waals surface area contributed by atoms with Gasteiger partial charge in [0.2, 0.25) is 11.8 Å². The van der Waals surface area contributed by atoms with Gasteiger partial charge in [0.15, 0.2) is 0 Å². The van der Waals surface area contributed by atoms with Crippen molar-refractivity contribution in [2.24, 2.45) is 5.41 Å². The van der Waals surface area contributed by atoms with Crippen LogP contribution in [0, 0.1) is 5.41 Å². The van der Waals surface area contributed by atoms with Crippen molar-refractivity contribution in [2.75, 3.05) is 13.2 Å². The minimum Gasteiger partial charge on any atom is -0.387 e. The first-order chi connectivity index (χ1) is 12.5. The number of aliphatic hydroxyl groups is 1. The van der Waals surface area contributed by atoms with Crippen LogP contribution in [0.15, 0.2) is 10.9 Å². The van der Waals surface area contributed by atoms with Crippen LogP contribution in [0.1, 0.15) is 43.6 Å². The van der Waals surface area contributed by atoms with Crippen molar-refractivity contribution >= 4 is 11.8 Å². The number of amides is 2. The van der Waals surface area contributed by atoms with Crippen molar-refractivity contribution in [2.45, 2.75) is 51.3 Å². The predicted octanol–water partition coefficient (Wildman–Crippen LogP) is -0.656. The van der Waals surface area contributed by atoms with E-state index in [1.54, 1.807) is 0 Å². The first-order valence-electron chi connectivity index (χ1n) is 8.83. The van der Waals surface area contributed by atoms with E-state index in [4.69, 9.17) is 9.84 Å². The largest absolute Gasteiger partial charge is 0.387 e. The predicted molar refractivity (Wildman–Crippen MR) is 90.9 cm³/mol. The summed E-state index contributed by atoms with van der Waals surface area (Å²) < 4.78 is 5.74. The second-order valence-corrected chi connectivity index (χ2v) is 7.09. The summed E-state index contributed by atoms with van der Waals surface area (Å²) in [6, 6.07) is 1.26. The van der Waals surface area contributed by atoms with E-state index in [9.17, 15) is 14.4 Å². The van der Waals surface area contributed by atoms with Crippen LogP contribution in [0.4, 0.5) is 0 Å². The van der Waals surface area contributed by atoms with Gasteiger partial charge in [0.1, 0.15) is 12.4 Å². The third-order valence-corrected chi connectivity index (χ3v) is 5.02. The number of aromatic nitrogens is 2. The number of nitrogens with one attached hydrogen (secondary N) is 3. The maximum absolute atomic E-state index is 12.1. The number of H-pyrrole nitrogens is 1. The molecule has 0 bridgehead atoms. The molecule has 4 N–H and O–H groups in total. The van der Waals surface area contributed by atoms with E-state index in [-0.39, 0.29) is 30.7 Å². The molecule has 1 atom stereocenters. The second-order valence-electron chi connectivity index (χ2n) is 7.09. The fourth-order valence-electron chi connectivity index (χ4n) is 3.50. The second kappa shape index (κ2) is 7.96. The molecule has 26 heavy (non-hydrogen) atoms. The molecule has 9 heteroatoms. The molecular weight excluding hydrogens is 340 g/mol. The van der Waals surface area contributed by atoms with E-state index >= 15 is 0 Å². The van der Waals surface area contributed by atoms with Crippen LogP contribution in [-0.2, 0) is 27.4 Å². The minimum absolute atomic E-state index is 0.0300. The highest BCUT2D eigenvalue weighted by Gasteiger charge is 2.44. The topological polar surface area (TPSA) is 133 Å². The van der Waals surface area contributed by atoms with E-state index in [2.05, 4.69) is 20.6 Å². The highest BCUT2D eigenvalue weighted by atomic mass is 16.5. The molecule has 2 aliphatic rings. The number of aromatic amines is 1. The van der Waals surface area contributed by atoms with Crippen molar-refractivity contribution in [3.63, 3.8) is 0 Å². The Morgan fingerprint density at radius 2 is 2.08 bits per heavy atom. The lowest BCUT2D eigenvalue weighted by molar-refractivity contribution is -0.124. The molecule has 2 fully saturated rings. The van der Waals surface area contributed by atoms with Gasteiger partial charge in [0.05, 0.1) is 37.9 Å². The lowest BCUT2D eigenvalue weighted by atomic mass is 9.67. The molecular formula is C17H24N4O5. The third kappa shape index (κ3) is 4.67. The van der Waals surface area contributed by atoms with E-state index in [1.165, 1.54) is 25.3 Å². The molecule has 2 heterocycles. The molecule has 3 rings (SSSR count). The van der Waals surface area contributed by atoms with Crippen LogP contribution in [-0.4, -0.2) is 46.2 Å². The van der Waals surface area contributed by atoms with Crippen LogP contribution in [0.5, 0.6) is 0 Å². The van der Waals surface area contributed by atoms with Crippen molar-refractivity contribution in [3.05, 3.63) is 27.9 Å². The van der Waals surface area contributed by atoms with E-state index in [0.29, 0.717) is 23.4 Å². The Balaban J connectivity index is 1.47. The van der Waals surface area contributed by atoms with E-state index < -0.39 is 12.5 Å². The number of nitrogens with zero attached hydrogens (tertiary/aromatic N) is 1. The van der Waals surface area contributed by atoms with E-state index in [1.807, 2.05) is 0 Å². The Bertz CT molecular complexity index is 728. The zero-order chi connectivity index (χ0) is 18.6. The third-order valence-electron chi connectivity index (χ3n) is 5.02. The van der Waals surface area contributed by atoms with Crippen molar-refractivity contribution in [1.82, 2.24) is 20.6 Å². The van der Waals surface area contributed by atoms with Gasteiger partial charge in [0, 0.05) is 6.07 Å². The maximum Gasteiger partial charge on any atom is 0.251 e. The number of hydrogen-bond acceptors (Lipinski definition) is 6. The summed E-state index contributed by atoms with van der Waals surface area (Å²) in [5, 5.41) is 13.8. The van der Waals surface area contributed by atoms with Gasteiger partial charge in [-0.3, -0.25) is 14.4 Å². The standard InChI is InChI=1S/C17H24N4O5/c22-9-16(25)18-7-11-4-15(24)21-13(20-11)8-19-14(23)5-12-6-17(10-26-12)2-1-3-17/h4,12,22H,1-3,5-10H2,(H,18,25)(H,19,23)(H,20,21,24). The van der Waals surface area contributed by atoms with Crippen LogP contribution < -0.4 is 16.2 Å². The number of carbonyl (C=O) groups excluding carboxylic acids is 2.